The largest absolute Gasteiger partial charge is 0.391 e. The van der Waals surface area contributed by atoms with E-state index < -0.39 is 8.56 Å². The lowest BCUT2D eigenvalue weighted by Crippen LogP contribution is -2.44. The Morgan fingerprint density at radius 2 is 1.55 bits per heavy atom. The molecule has 0 aliphatic heterocycles. The van der Waals surface area contributed by atoms with Crippen LogP contribution in [0.15, 0.2) is 42.6 Å². The molecule has 0 aliphatic carbocycles. The van der Waals surface area contributed by atoms with Crippen LogP contribution in [0.5, 0.6) is 0 Å². The third-order valence-electron chi connectivity index (χ3n) is 3.29. The van der Waals surface area contributed by atoms with Crippen LogP contribution < -0.4 is 0 Å². The lowest BCUT2D eigenvalue weighted by Gasteiger charge is -2.28. The minimum atomic E-state index is -2.32. The van der Waals surface area contributed by atoms with Gasteiger partial charge in [-0.05, 0) is 24.1 Å². The van der Waals surface area contributed by atoms with Crippen LogP contribution in [0, 0.1) is 0 Å². The van der Waals surface area contributed by atoms with Gasteiger partial charge in [0.05, 0.1) is 0 Å². The number of rotatable bonds is 11. The number of hydrogen-bond donors (Lipinski definition) is 0. The first kappa shape index (κ1) is 17.1. The van der Waals surface area contributed by atoms with E-state index in [9.17, 15) is 0 Å². The molecule has 0 saturated heterocycles. The molecule has 0 fully saturated rings. The van der Waals surface area contributed by atoms with Gasteiger partial charge in [-0.25, -0.2) is 0 Å². The van der Waals surface area contributed by atoms with Crippen molar-refractivity contribution in [2.75, 3.05) is 13.2 Å². The molecule has 3 heteroatoms. The van der Waals surface area contributed by atoms with Crippen molar-refractivity contribution >= 4 is 8.56 Å². The van der Waals surface area contributed by atoms with Gasteiger partial charge in [0, 0.05) is 19.3 Å². The van der Waals surface area contributed by atoms with Gasteiger partial charge in [0.25, 0.3) is 0 Å². The van der Waals surface area contributed by atoms with Gasteiger partial charge in [0.2, 0.25) is 0 Å². The standard InChI is InChI=1S/C17H28O2Si/c1-4-7-14-18-20(6-3,19-15-8-5-2)16-17-12-10-9-11-13-17/h6,9-13H,3-5,7-8,14-16H2,1-2H3. The second-order valence-corrected chi connectivity index (χ2v) is 8.05. The molecule has 0 atom stereocenters. The normalized spacial score (nSPS) is 11.5. The molecule has 20 heavy (non-hydrogen) atoms. The Kier molecular flexibility index (Phi) is 8.50. The molecule has 0 radical (unpaired) electrons. The van der Waals surface area contributed by atoms with Crippen LogP contribution >= 0.6 is 0 Å². The Hall–Kier alpha value is -0.903. The fraction of sp³-hybridized carbons (Fsp3) is 0.529. The van der Waals surface area contributed by atoms with Crippen molar-refractivity contribution in [2.45, 2.75) is 45.6 Å². The molecule has 0 aromatic heterocycles. The third-order valence-corrected chi connectivity index (χ3v) is 6.20. The van der Waals surface area contributed by atoms with Gasteiger partial charge in [-0.1, -0.05) is 57.0 Å². The molecule has 2 nitrogen and oxygen atoms in total. The predicted molar refractivity (Wildman–Crippen MR) is 87.8 cm³/mol. The average Bonchev–Trinajstić information content (AvgIpc) is 2.48. The van der Waals surface area contributed by atoms with Crippen LogP contribution in [0.2, 0.25) is 0 Å². The smallest absolute Gasteiger partial charge is 0.368 e. The van der Waals surface area contributed by atoms with Crippen LogP contribution in [0.4, 0.5) is 0 Å². The topological polar surface area (TPSA) is 18.5 Å². The van der Waals surface area contributed by atoms with Crippen LogP contribution in [-0.4, -0.2) is 21.8 Å². The van der Waals surface area contributed by atoms with Crippen LogP contribution in [0.25, 0.3) is 0 Å². The molecule has 1 aromatic carbocycles. The van der Waals surface area contributed by atoms with E-state index in [1.165, 1.54) is 5.56 Å². The van der Waals surface area contributed by atoms with Gasteiger partial charge in [-0.3, -0.25) is 0 Å². The zero-order valence-corrected chi connectivity index (χ0v) is 13.9. The summed E-state index contributed by atoms with van der Waals surface area (Å²) < 4.78 is 12.3. The molecule has 0 bridgehead atoms. The first-order valence-electron chi connectivity index (χ1n) is 7.71. The van der Waals surface area contributed by atoms with Gasteiger partial charge in [0.1, 0.15) is 0 Å². The SMILES string of the molecule is C=C[Si](Cc1ccccc1)(OCCCC)OCCCC. The highest BCUT2D eigenvalue weighted by Crippen LogP contribution is 2.18. The lowest BCUT2D eigenvalue weighted by atomic mass is 10.2. The summed E-state index contributed by atoms with van der Waals surface area (Å²) in [6.07, 6.45) is 4.44. The van der Waals surface area contributed by atoms with Crippen LogP contribution in [0.3, 0.4) is 0 Å². The molecule has 1 aromatic rings. The Labute approximate surface area is 125 Å². The maximum atomic E-state index is 6.17. The maximum absolute atomic E-state index is 6.17. The Bertz CT molecular complexity index is 355. The summed E-state index contributed by atoms with van der Waals surface area (Å²) in [6.45, 7) is 9.89. The zero-order valence-electron chi connectivity index (χ0n) is 12.9. The first-order valence-corrected chi connectivity index (χ1v) is 9.82. The highest BCUT2D eigenvalue weighted by molar-refractivity contribution is 6.72. The monoisotopic (exact) mass is 292 g/mol. The van der Waals surface area contributed by atoms with Gasteiger partial charge >= 0.3 is 8.56 Å². The molecular formula is C17H28O2Si. The van der Waals surface area contributed by atoms with Gasteiger partial charge in [-0.15, -0.1) is 6.58 Å². The van der Waals surface area contributed by atoms with Crippen molar-refractivity contribution in [1.29, 1.82) is 0 Å². The Balaban J connectivity index is 2.71. The zero-order chi connectivity index (χ0) is 14.7. The fourth-order valence-electron chi connectivity index (χ4n) is 1.99. The molecule has 1 rings (SSSR count). The van der Waals surface area contributed by atoms with Crippen molar-refractivity contribution in [1.82, 2.24) is 0 Å². The molecule has 0 unspecified atom stereocenters. The number of unbranched alkanes of at least 4 members (excludes halogenated alkanes) is 2. The summed E-state index contributed by atoms with van der Waals surface area (Å²) in [6, 6.07) is 11.3. The highest BCUT2D eigenvalue weighted by Gasteiger charge is 2.34. The summed E-state index contributed by atoms with van der Waals surface area (Å²) in [7, 11) is -2.32. The van der Waals surface area contributed by atoms with Crippen molar-refractivity contribution in [2.24, 2.45) is 0 Å². The predicted octanol–water partition coefficient (Wildman–Crippen LogP) is 4.57. The summed E-state index contributed by atoms with van der Waals surface area (Å²) >= 11 is 0. The van der Waals surface area contributed by atoms with E-state index in [4.69, 9.17) is 8.85 Å². The first-order chi connectivity index (χ1) is 9.76. The second kappa shape index (κ2) is 9.92. The number of benzene rings is 1. The van der Waals surface area contributed by atoms with E-state index >= 15 is 0 Å². The Morgan fingerprint density at radius 1 is 1.00 bits per heavy atom. The van der Waals surface area contributed by atoms with Crippen molar-refractivity contribution in [3.63, 3.8) is 0 Å². The molecule has 0 N–H and O–H groups in total. The van der Waals surface area contributed by atoms with E-state index in [1.807, 2.05) is 11.8 Å². The van der Waals surface area contributed by atoms with E-state index in [-0.39, 0.29) is 0 Å². The lowest BCUT2D eigenvalue weighted by molar-refractivity contribution is 0.173. The van der Waals surface area contributed by atoms with E-state index in [0.717, 1.165) is 44.9 Å². The summed E-state index contributed by atoms with van der Waals surface area (Å²) in [5, 5.41) is 0. The third kappa shape index (κ3) is 6.03. The molecule has 0 spiro atoms. The van der Waals surface area contributed by atoms with Crippen LogP contribution in [-0.2, 0) is 14.9 Å². The summed E-state index contributed by atoms with van der Waals surface area (Å²) in [4.78, 5) is 0. The van der Waals surface area contributed by atoms with Crippen molar-refractivity contribution in [3.05, 3.63) is 48.2 Å². The minimum absolute atomic E-state index is 0.772. The van der Waals surface area contributed by atoms with Crippen molar-refractivity contribution < 1.29 is 8.85 Å². The Morgan fingerprint density at radius 3 is 2.00 bits per heavy atom. The molecule has 0 amide bonds. The summed E-state index contributed by atoms with van der Waals surface area (Å²) in [5.41, 5.74) is 3.22. The van der Waals surface area contributed by atoms with Gasteiger partial charge in [-0.2, -0.15) is 0 Å². The quantitative estimate of drug-likeness (QED) is 0.439. The van der Waals surface area contributed by atoms with E-state index in [1.54, 1.807) is 0 Å². The van der Waals surface area contributed by atoms with E-state index in [2.05, 4.69) is 44.7 Å². The maximum Gasteiger partial charge on any atom is 0.368 e. The highest BCUT2D eigenvalue weighted by atomic mass is 28.4. The number of hydrogen-bond acceptors (Lipinski definition) is 2. The average molecular weight is 292 g/mol. The summed E-state index contributed by atoms with van der Waals surface area (Å²) in [5.74, 6) is 0. The minimum Gasteiger partial charge on any atom is -0.391 e. The van der Waals surface area contributed by atoms with Crippen molar-refractivity contribution in [3.8, 4) is 0 Å². The fourth-order valence-corrected chi connectivity index (χ4v) is 4.44. The molecule has 0 aliphatic rings. The van der Waals surface area contributed by atoms with Gasteiger partial charge < -0.3 is 8.85 Å². The second-order valence-electron chi connectivity index (χ2n) is 5.08. The van der Waals surface area contributed by atoms with E-state index in [0.29, 0.717) is 0 Å². The molecule has 0 heterocycles. The molecule has 0 saturated carbocycles. The van der Waals surface area contributed by atoms with Crippen LogP contribution in [0.1, 0.15) is 45.1 Å². The molecule has 112 valence electrons. The van der Waals surface area contributed by atoms with Gasteiger partial charge in [0.15, 0.2) is 0 Å². The molecular weight excluding hydrogens is 264 g/mol.